The van der Waals surface area contributed by atoms with Gasteiger partial charge in [-0.2, -0.15) is 5.10 Å². The third-order valence-electron chi connectivity index (χ3n) is 5.99. The molecule has 7 heteroatoms. The minimum Gasteiger partial charge on any atom is -0.337 e. The fourth-order valence-corrected chi connectivity index (χ4v) is 4.02. The number of aromatic nitrogens is 5. The summed E-state index contributed by atoms with van der Waals surface area (Å²) in [7, 11) is 0. The highest BCUT2D eigenvalue weighted by atomic mass is 16.1. The molecule has 0 atom stereocenters. The van der Waals surface area contributed by atoms with Gasteiger partial charge in [0.2, 0.25) is 5.91 Å². The lowest BCUT2D eigenvalue weighted by molar-refractivity contribution is -0.122. The van der Waals surface area contributed by atoms with Crippen LogP contribution in [0.1, 0.15) is 19.3 Å². The van der Waals surface area contributed by atoms with Gasteiger partial charge in [-0.25, -0.2) is 4.98 Å². The number of hydrogen-bond acceptors (Lipinski definition) is 4. The number of nitrogens with zero attached hydrogens (tertiary/aromatic N) is 3. The van der Waals surface area contributed by atoms with E-state index in [1.807, 2.05) is 42.5 Å². The van der Waals surface area contributed by atoms with Gasteiger partial charge >= 0.3 is 0 Å². The van der Waals surface area contributed by atoms with E-state index in [9.17, 15) is 4.79 Å². The first-order chi connectivity index (χ1) is 15.2. The lowest BCUT2D eigenvalue weighted by atomic mass is 9.85. The maximum Gasteiger partial charge on any atom is 0.227 e. The Hall–Kier alpha value is -4.00. The highest BCUT2D eigenvalue weighted by Crippen LogP contribution is 2.31. The number of para-hydroxylation sites is 2. The van der Waals surface area contributed by atoms with Gasteiger partial charge in [-0.05, 0) is 48.7 Å². The Kier molecular flexibility index (Phi) is 4.06. The van der Waals surface area contributed by atoms with Gasteiger partial charge in [-0.1, -0.05) is 24.6 Å². The van der Waals surface area contributed by atoms with E-state index in [1.165, 1.54) is 0 Å². The summed E-state index contributed by atoms with van der Waals surface area (Å²) in [5.41, 5.74) is 6.24. The standard InChI is InChI=1S/C24H20N6O/c31-24(14-4-3-5-14)26-17-10-16(12-25-13-17)15-8-9-19-18(11-15)22(30-29-19)23-27-20-6-1-2-7-21(20)28-23/h1-2,6-14H,3-5H2,(H,26,31)(H,27,28)(H,29,30). The number of carbonyl (C=O) groups is 1. The molecule has 31 heavy (non-hydrogen) atoms. The molecule has 0 bridgehead atoms. The predicted molar refractivity (Wildman–Crippen MR) is 120 cm³/mol. The Morgan fingerprint density at radius 1 is 1.00 bits per heavy atom. The van der Waals surface area contributed by atoms with Crippen LogP contribution in [0, 0.1) is 5.92 Å². The molecule has 3 heterocycles. The van der Waals surface area contributed by atoms with E-state index in [4.69, 9.17) is 0 Å². The van der Waals surface area contributed by atoms with Crippen LogP contribution in [0.25, 0.3) is 44.6 Å². The Morgan fingerprint density at radius 3 is 2.74 bits per heavy atom. The maximum atomic E-state index is 12.3. The van der Waals surface area contributed by atoms with Crippen LogP contribution in [-0.2, 0) is 4.79 Å². The van der Waals surface area contributed by atoms with E-state index in [-0.39, 0.29) is 11.8 Å². The van der Waals surface area contributed by atoms with Crippen LogP contribution in [0.3, 0.4) is 0 Å². The average molecular weight is 408 g/mol. The Bertz CT molecular complexity index is 1400. The smallest absolute Gasteiger partial charge is 0.227 e. The molecular weight excluding hydrogens is 388 g/mol. The second-order valence-corrected chi connectivity index (χ2v) is 8.01. The van der Waals surface area contributed by atoms with Crippen LogP contribution in [0.2, 0.25) is 0 Å². The number of aromatic amines is 2. The monoisotopic (exact) mass is 408 g/mol. The van der Waals surface area contributed by atoms with Crippen LogP contribution >= 0.6 is 0 Å². The van der Waals surface area contributed by atoms with Gasteiger partial charge < -0.3 is 10.3 Å². The summed E-state index contributed by atoms with van der Waals surface area (Å²) in [5, 5.41) is 11.6. The van der Waals surface area contributed by atoms with Crippen molar-refractivity contribution in [3.63, 3.8) is 0 Å². The zero-order valence-corrected chi connectivity index (χ0v) is 16.7. The number of benzene rings is 2. The van der Waals surface area contributed by atoms with Crippen molar-refractivity contribution in [2.45, 2.75) is 19.3 Å². The number of rotatable bonds is 4. The molecule has 3 N–H and O–H groups in total. The van der Waals surface area contributed by atoms with Gasteiger partial charge in [0.1, 0.15) is 5.69 Å². The number of hydrogen-bond donors (Lipinski definition) is 3. The molecule has 5 aromatic rings. The molecule has 1 aliphatic carbocycles. The molecule has 0 spiro atoms. The Balaban J connectivity index is 1.37. The zero-order chi connectivity index (χ0) is 20.8. The average Bonchev–Trinajstić information content (AvgIpc) is 3.36. The van der Waals surface area contributed by atoms with Crippen molar-refractivity contribution >= 4 is 33.5 Å². The number of fused-ring (bicyclic) bond motifs is 2. The minimum atomic E-state index is 0.0858. The highest BCUT2D eigenvalue weighted by Gasteiger charge is 2.25. The van der Waals surface area contributed by atoms with E-state index < -0.39 is 0 Å². The SMILES string of the molecule is O=C(Nc1cncc(-c2ccc3[nH]nc(-c4nc5ccccc5[nH]4)c3c2)c1)C1CCC1. The normalized spacial score (nSPS) is 14.1. The summed E-state index contributed by atoms with van der Waals surface area (Å²) < 4.78 is 0. The molecule has 0 aliphatic heterocycles. The number of nitrogens with one attached hydrogen (secondary N) is 3. The second-order valence-electron chi connectivity index (χ2n) is 8.01. The first-order valence-corrected chi connectivity index (χ1v) is 10.4. The quantitative estimate of drug-likeness (QED) is 0.393. The molecule has 1 amide bonds. The number of imidazole rings is 1. The first kappa shape index (κ1) is 17.8. The van der Waals surface area contributed by atoms with Crippen molar-refractivity contribution in [1.82, 2.24) is 25.1 Å². The topological polar surface area (TPSA) is 99.3 Å². The van der Waals surface area contributed by atoms with Crippen molar-refractivity contribution in [1.29, 1.82) is 0 Å². The summed E-state index contributed by atoms with van der Waals surface area (Å²) in [6.07, 6.45) is 6.58. The van der Waals surface area contributed by atoms with Gasteiger partial charge in [0, 0.05) is 23.1 Å². The van der Waals surface area contributed by atoms with E-state index in [2.05, 4.69) is 36.5 Å². The molecule has 0 radical (unpaired) electrons. The molecule has 3 aromatic heterocycles. The summed E-state index contributed by atoms with van der Waals surface area (Å²) in [5.74, 6) is 0.948. The molecule has 6 rings (SSSR count). The van der Waals surface area contributed by atoms with Crippen molar-refractivity contribution in [3.05, 3.63) is 60.9 Å². The molecule has 1 fully saturated rings. The third-order valence-corrected chi connectivity index (χ3v) is 5.99. The molecule has 152 valence electrons. The van der Waals surface area contributed by atoms with E-state index in [0.717, 1.165) is 69.5 Å². The highest BCUT2D eigenvalue weighted by molar-refractivity contribution is 5.96. The van der Waals surface area contributed by atoms with Crippen molar-refractivity contribution in [2.75, 3.05) is 5.32 Å². The molecule has 0 unspecified atom stereocenters. The predicted octanol–water partition coefficient (Wildman–Crippen LogP) is 4.91. The van der Waals surface area contributed by atoms with Crippen LogP contribution in [-0.4, -0.2) is 31.1 Å². The fourth-order valence-electron chi connectivity index (χ4n) is 4.02. The molecule has 0 saturated heterocycles. The molecule has 2 aromatic carbocycles. The number of anilines is 1. The fraction of sp³-hybridized carbons (Fsp3) is 0.167. The Morgan fingerprint density at radius 2 is 1.90 bits per heavy atom. The van der Waals surface area contributed by atoms with Crippen molar-refractivity contribution < 1.29 is 4.79 Å². The van der Waals surface area contributed by atoms with Gasteiger partial charge in [0.15, 0.2) is 5.82 Å². The van der Waals surface area contributed by atoms with Crippen molar-refractivity contribution in [2.24, 2.45) is 5.92 Å². The molecule has 7 nitrogen and oxygen atoms in total. The second kappa shape index (κ2) is 7.05. The summed E-state index contributed by atoms with van der Waals surface area (Å²) >= 11 is 0. The van der Waals surface area contributed by atoms with Gasteiger partial charge in [-0.15, -0.1) is 0 Å². The van der Waals surface area contributed by atoms with Crippen molar-refractivity contribution in [3.8, 4) is 22.6 Å². The van der Waals surface area contributed by atoms with Crippen LogP contribution in [0.5, 0.6) is 0 Å². The summed E-state index contributed by atoms with van der Waals surface area (Å²) in [4.78, 5) is 24.7. The molecular formula is C24H20N6O. The van der Waals surface area contributed by atoms with Gasteiger partial charge in [0.25, 0.3) is 0 Å². The maximum absolute atomic E-state index is 12.3. The van der Waals surface area contributed by atoms with E-state index in [0.29, 0.717) is 0 Å². The number of amides is 1. The van der Waals surface area contributed by atoms with Crippen LogP contribution in [0.4, 0.5) is 5.69 Å². The minimum absolute atomic E-state index is 0.0858. The Labute approximate surface area is 177 Å². The molecule has 1 aliphatic rings. The zero-order valence-electron chi connectivity index (χ0n) is 16.7. The van der Waals surface area contributed by atoms with E-state index in [1.54, 1.807) is 12.4 Å². The first-order valence-electron chi connectivity index (χ1n) is 10.4. The van der Waals surface area contributed by atoms with Crippen LogP contribution in [0.15, 0.2) is 60.9 Å². The summed E-state index contributed by atoms with van der Waals surface area (Å²) in [6, 6.07) is 16.0. The largest absolute Gasteiger partial charge is 0.337 e. The van der Waals surface area contributed by atoms with Gasteiger partial charge in [-0.3, -0.25) is 14.9 Å². The molecule has 1 saturated carbocycles. The third kappa shape index (κ3) is 3.15. The summed E-state index contributed by atoms with van der Waals surface area (Å²) in [6.45, 7) is 0. The lowest BCUT2D eigenvalue weighted by Crippen LogP contribution is -2.28. The number of carbonyl (C=O) groups excluding carboxylic acids is 1. The lowest BCUT2D eigenvalue weighted by Gasteiger charge is -2.24. The number of H-pyrrole nitrogens is 2. The van der Waals surface area contributed by atoms with E-state index >= 15 is 0 Å². The number of pyridine rings is 1. The van der Waals surface area contributed by atoms with Crippen LogP contribution < -0.4 is 5.32 Å². The van der Waals surface area contributed by atoms with Gasteiger partial charge in [0.05, 0.1) is 28.4 Å².